The zero-order valence-corrected chi connectivity index (χ0v) is 13.6. The molecule has 0 heterocycles. The Kier molecular flexibility index (Phi) is 6.47. The van der Waals surface area contributed by atoms with Gasteiger partial charge in [0.05, 0.1) is 23.6 Å². The van der Waals surface area contributed by atoms with Gasteiger partial charge in [-0.3, -0.25) is 4.79 Å². The molecule has 0 rings (SSSR count). The number of nitrogens with zero attached hydrogens (tertiary/aromatic N) is 1. The van der Waals surface area contributed by atoms with Crippen LogP contribution in [0.3, 0.4) is 0 Å². The van der Waals surface area contributed by atoms with E-state index in [0.717, 1.165) is 0 Å². The number of urea groups is 1. The first-order chi connectivity index (χ1) is 9.01. The van der Waals surface area contributed by atoms with E-state index in [1.165, 1.54) is 0 Å². The third kappa shape index (κ3) is 4.10. The maximum absolute atomic E-state index is 12.3. The van der Waals surface area contributed by atoms with E-state index in [1.807, 2.05) is 13.8 Å². The Hall–Kier alpha value is -1.30. The molecule has 0 spiro atoms. The molecule has 0 aromatic carbocycles. The van der Waals surface area contributed by atoms with Crippen LogP contribution < -0.4 is 5.32 Å². The molecule has 20 heavy (non-hydrogen) atoms. The van der Waals surface area contributed by atoms with E-state index < -0.39 is 16.9 Å². The number of carbonyl (C=O) groups is 2. The van der Waals surface area contributed by atoms with Crippen LogP contribution in [0.15, 0.2) is 0 Å². The highest BCUT2D eigenvalue weighted by Gasteiger charge is 2.45. The van der Waals surface area contributed by atoms with Gasteiger partial charge in [-0.2, -0.15) is 0 Å². The van der Waals surface area contributed by atoms with Crippen LogP contribution in [-0.4, -0.2) is 53.8 Å². The van der Waals surface area contributed by atoms with Gasteiger partial charge in [0.25, 0.3) is 0 Å². The smallest absolute Gasteiger partial charge is 0.318 e. The van der Waals surface area contributed by atoms with Crippen LogP contribution in [0.25, 0.3) is 0 Å². The number of carboxylic acids is 1. The molecule has 2 amide bonds. The standard InChI is InChI=1S/C14H28N2O4/c1-8-16(10(2)9-20-7)12(19)15-14(5,6)13(3,4)11(17)18/h10H,8-9H2,1-7H3,(H,15,19)(H,17,18). The van der Waals surface area contributed by atoms with E-state index in [4.69, 9.17) is 4.74 Å². The molecular formula is C14H28N2O4. The van der Waals surface area contributed by atoms with E-state index in [0.29, 0.717) is 13.2 Å². The molecule has 2 N–H and O–H groups in total. The highest BCUT2D eigenvalue weighted by molar-refractivity contribution is 5.79. The summed E-state index contributed by atoms with van der Waals surface area (Å²) in [5.41, 5.74) is -1.96. The van der Waals surface area contributed by atoms with Gasteiger partial charge >= 0.3 is 12.0 Å². The summed E-state index contributed by atoms with van der Waals surface area (Å²) in [6.45, 7) is 11.4. The summed E-state index contributed by atoms with van der Waals surface area (Å²) in [6.07, 6.45) is 0. The van der Waals surface area contributed by atoms with Crippen molar-refractivity contribution < 1.29 is 19.4 Å². The van der Waals surface area contributed by atoms with Crippen LogP contribution in [0.4, 0.5) is 4.79 Å². The minimum absolute atomic E-state index is 0.0752. The van der Waals surface area contributed by atoms with Gasteiger partial charge in [-0.15, -0.1) is 0 Å². The Morgan fingerprint density at radius 1 is 1.30 bits per heavy atom. The van der Waals surface area contributed by atoms with E-state index in [2.05, 4.69) is 5.32 Å². The summed E-state index contributed by atoms with van der Waals surface area (Å²) in [6, 6.07) is -0.356. The lowest BCUT2D eigenvalue weighted by Gasteiger charge is -2.41. The quantitative estimate of drug-likeness (QED) is 0.750. The van der Waals surface area contributed by atoms with Crippen molar-refractivity contribution in [2.24, 2.45) is 5.41 Å². The summed E-state index contributed by atoms with van der Waals surface area (Å²) in [4.78, 5) is 25.3. The Bertz CT molecular complexity index is 353. The summed E-state index contributed by atoms with van der Waals surface area (Å²) >= 11 is 0. The number of carboxylic acid groups (broad SMARTS) is 1. The number of carbonyl (C=O) groups excluding carboxylic acids is 1. The lowest BCUT2D eigenvalue weighted by molar-refractivity contribution is -0.150. The number of amides is 2. The first kappa shape index (κ1) is 18.7. The summed E-state index contributed by atoms with van der Waals surface area (Å²) in [5, 5.41) is 12.1. The van der Waals surface area contributed by atoms with Gasteiger partial charge in [0, 0.05) is 13.7 Å². The largest absolute Gasteiger partial charge is 0.481 e. The average Bonchev–Trinajstić information content (AvgIpc) is 2.28. The third-order valence-corrected chi connectivity index (χ3v) is 4.06. The molecule has 0 aliphatic carbocycles. The second kappa shape index (κ2) is 6.92. The van der Waals surface area contributed by atoms with Gasteiger partial charge in [-0.1, -0.05) is 0 Å². The van der Waals surface area contributed by atoms with Crippen molar-refractivity contribution in [2.45, 2.75) is 53.1 Å². The highest BCUT2D eigenvalue weighted by atomic mass is 16.5. The molecule has 0 saturated carbocycles. The van der Waals surface area contributed by atoms with Crippen LogP contribution in [0.1, 0.15) is 41.5 Å². The number of ether oxygens (including phenoxy) is 1. The predicted molar refractivity (Wildman–Crippen MR) is 77.7 cm³/mol. The van der Waals surface area contributed by atoms with E-state index in [-0.39, 0.29) is 12.1 Å². The van der Waals surface area contributed by atoms with Crippen LogP contribution >= 0.6 is 0 Å². The summed E-state index contributed by atoms with van der Waals surface area (Å²) in [5.74, 6) is -0.948. The highest BCUT2D eigenvalue weighted by Crippen LogP contribution is 2.30. The van der Waals surface area contributed by atoms with Gasteiger partial charge in [-0.25, -0.2) is 4.79 Å². The fourth-order valence-electron chi connectivity index (χ4n) is 1.75. The summed E-state index contributed by atoms with van der Waals surface area (Å²) in [7, 11) is 1.58. The molecule has 6 nitrogen and oxygen atoms in total. The molecule has 0 saturated heterocycles. The number of hydrogen-bond acceptors (Lipinski definition) is 3. The maximum atomic E-state index is 12.3. The van der Waals surface area contributed by atoms with Crippen molar-refractivity contribution in [3.8, 4) is 0 Å². The van der Waals surface area contributed by atoms with Gasteiger partial charge < -0.3 is 20.1 Å². The third-order valence-electron chi connectivity index (χ3n) is 4.06. The molecule has 1 atom stereocenters. The Balaban J connectivity index is 5.01. The fraction of sp³-hybridized carbons (Fsp3) is 0.857. The second-order valence-corrected chi connectivity index (χ2v) is 6.08. The number of nitrogens with one attached hydrogen (secondary N) is 1. The SMILES string of the molecule is CCN(C(=O)NC(C)(C)C(C)(C)C(=O)O)C(C)COC. The lowest BCUT2D eigenvalue weighted by atomic mass is 9.74. The van der Waals surface area contributed by atoms with E-state index >= 15 is 0 Å². The van der Waals surface area contributed by atoms with Crippen molar-refractivity contribution in [1.82, 2.24) is 10.2 Å². The van der Waals surface area contributed by atoms with Crippen molar-refractivity contribution in [3.05, 3.63) is 0 Å². The van der Waals surface area contributed by atoms with Crippen molar-refractivity contribution in [2.75, 3.05) is 20.3 Å². The molecule has 1 unspecified atom stereocenters. The molecule has 0 aliphatic heterocycles. The van der Waals surface area contributed by atoms with Crippen molar-refractivity contribution in [3.63, 3.8) is 0 Å². The molecule has 0 aromatic heterocycles. The molecular weight excluding hydrogens is 260 g/mol. The zero-order valence-electron chi connectivity index (χ0n) is 13.6. The van der Waals surface area contributed by atoms with Crippen molar-refractivity contribution in [1.29, 1.82) is 0 Å². The topological polar surface area (TPSA) is 78.9 Å². The van der Waals surface area contributed by atoms with Crippen LogP contribution in [0.2, 0.25) is 0 Å². The fourth-order valence-corrected chi connectivity index (χ4v) is 1.75. The Morgan fingerprint density at radius 2 is 1.80 bits per heavy atom. The molecule has 118 valence electrons. The van der Waals surface area contributed by atoms with Crippen LogP contribution in [0, 0.1) is 5.41 Å². The first-order valence-electron chi connectivity index (χ1n) is 6.82. The number of likely N-dealkylation sites (N-methyl/N-ethyl adjacent to an activating group) is 1. The van der Waals surface area contributed by atoms with Crippen molar-refractivity contribution >= 4 is 12.0 Å². The molecule has 0 fully saturated rings. The monoisotopic (exact) mass is 288 g/mol. The number of hydrogen-bond donors (Lipinski definition) is 2. The van der Waals surface area contributed by atoms with E-state index in [9.17, 15) is 14.7 Å². The van der Waals surface area contributed by atoms with Gasteiger partial charge in [0.2, 0.25) is 0 Å². The summed E-state index contributed by atoms with van der Waals surface area (Å²) < 4.78 is 5.06. The van der Waals surface area contributed by atoms with Gasteiger partial charge in [-0.05, 0) is 41.5 Å². The molecule has 6 heteroatoms. The first-order valence-corrected chi connectivity index (χ1v) is 6.82. The van der Waals surface area contributed by atoms with Crippen LogP contribution in [0.5, 0.6) is 0 Å². The number of methoxy groups -OCH3 is 1. The Labute approximate surface area is 121 Å². The Morgan fingerprint density at radius 3 is 2.15 bits per heavy atom. The van der Waals surface area contributed by atoms with Crippen LogP contribution in [-0.2, 0) is 9.53 Å². The lowest BCUT2D eigenvalue weighted by Crippen LogP contribution is -2.60. The zero-order chi connectivity index (χ0) is 16.1. The molecule has 0 radical (unpaired) electrons. The minimum atomic E-state index is -1.08. The molecule has 0 aliphatic rings. The molecule has 0 aromatic rings. The normalized spacial score (nSPS) is 13.8. The number of aliphatic carboxylic acids is 1. The van der Waals surface area contributed by atoms with Gasteiger partial charge in [0.15, 0.2) is 0 Å². The van der Waals surface area contributed by atoms with Gasteiger partial charge in [0.1, 0.15) is 0 Å². The number of rotatable bonds is 7. The second-order valence-electron chi connectivity index (χ2n) is 6.08. The maximum Gasteiger partial charge on any atom is 0.318 e. The van der Waals surface area contributed by atoms with E-state index in [1.54, 1.807) is 39.7 Å². The minimum Gasteiger partial charge on any atom is -0.481 e. The predicted octanol–water partition coefficient (Wildman–Crippen LogP) is 1.94. The molecule has 0 bridgehead atoms. The average molecular weight is 288 g/mol.